The fourth-order valence-electron chi connectivity index (χ4n) is 5.20. The number of halogens is 2. The lowest BCUT2D eigenvalue weighted by Gasteiger charge is -2.25. The van der Waals surface area contributed by atoms with Crippen molar-refractivity contribution in [3.63, 3.8) is 0 Å². The third-order valence-corrected chi connectivity index (χ3v) is 7.35. The monoisotopic (exact) mass is 638 g/mol. The van der Waals surface area contributed by atoms with Crippen LogP contribution in [0.1, 0.15) is 70.5 Å². The SMILES string of the molecule is CCCN(CCC)C(=O)c1cc(C)cc(C(=O)N[C@@H](CCc2cc(F)cc(F)c2)[C@H](O)CNCc2cccc(NC(=O)OC)c2)c1. The van der Waals surface area contributed by atoms with E-state index in [0.717, 1.165) is 30.0 Å². The lowest BCUT2D eigenvalue weighted by atomic mass is 9.99. The Morgan fingerprint density at radius 2 is 1.59 bits per heavy atom. The Morgan fingerprint density at radius 1 is 0.913 bits per heavy atom. The first-order valence-electron chi connectivity index (χ1n) is 15.5. The zero-order valence-corrected chi connectivity index (χ0v) is 26.9. The van der Waals surface area contributed by atoms with E-state index < -0.39 is 35.8 Å². The molecule has 0 aliphatic carbocycles. The molecule has 0 aliphatic heterocycles. The number of nitrogens with zero attached hydrogens (tertiary/aromatic N) is 1. The van der Waals surface area contributed by atoms with Gasteiger partial charge in [-0.3, -0.25) is 14.9 Å². The van der Waals surface area contributed by atoms with E-state index in [2.05, 4.69) is 20.7 Å². The summed E-state index contributed by atoms with van der Waals surface area (Å²) in [4.78, 5) is 40.1. The van der Waals surface area contributed by atoms with Crippen molar-refractivity contribution in [1.29, 1.82) is 0 Å². The Bertz CT molecular complexity index is 1460. The number of aliphatic hydroxyl groups is 1. The minimum Gasteiger partial charge on any atom is -0.453 e. The minimum atomic E-state index is -1.07. The first-order valence-corrected chi connectivity index (χ1v) is 15.5. The lowest BCUT2D eigenvalue weighted by molar-refractivity contribution is 0.0755. The number of methoxy groups -OCH3 is 1. The highest BCUT2D eigenvalue weighted by atomic mass is 19.1. The van der Waals surface area contributed by atoms with Gasteiger partial charge in [-0.1, -0.05) is 26.0 Å². The van der Waals surface area contributed by atoms with E-state index >= 15 is 0 Å². The average Bonchev–Trinajstić information content (AvgIpc) is 3.01. The summed E-state index contributed by atoms with van der Waals surface area (Å²) >= 11 is 0. The van der Waals surface area contributed by atoms with Gasteiger partial charge < -0.3 is 25.4 Å². The van der Waals surface area contributed by atoms with Gasteiger partial charge >= 0.3 is 6.09 Å². The Kier molecular flexibility index (Phi) is 14.1. The van der Waals surface area contributed by atoms with Gasteiger partial charge in [-0.25, -0.2) is 13.6 Å². The molecule has 248 valence electrons. The average molecular weight is 639 g/mol. The highest BCUT2D eigenvalue weighted by Gasteiger charge is 2.24. The molecule has 0 saturated carbocycles. The first kappa shape index (κ1) is 36.1. The zero-order chi connectivity index (χ0) is 33.6. The van der Waals surface area contributed by atoms with Crippen molar-refractivity contribution >= 4 is 23.6 Å². The number of hydrogen-bond acceptors (Lipinski definition) is 6. The van der Waals surface area contributed by atoms with Gasteiger partial charge in [-0.15, -0.1) is 0 Å². The number of ether oxygens (including phenoxy) is 1. The van der Waals surface area contributed by atoms with Crippen molar-refractivity contribution in [2.45, 2.75) is 65.1 Å². The summed E-state index contributed by atoms with van der Waals surface area (Å²) in [5, 5.41) is 19.8. The molecule has 0 aromatic heterocycles. The number of anilines is 1. The largest absolute Gasteiger partial charge is 0.453 e. The maximum absolute atomic E-state index is 13.9. The number of aliphatic hydroxyl groups excluding tert-OH is 1. The van der Waals surface area contributed by atoms with Crippen LogP contribution in [0.3, 0.4) is 0 Å². The fraction of sp³-hybridized carbons (Fsp3) is 0.400. The third-order valence-electron chi connectivity index (χ3n) is 7.35. The molecule has 0 spiro atoms. The van der Waals surface area contributed by atoms with Gasteiger partial charge in [0, 0.05) is 49.1 Å². The van der Waals surface area contributed by atoms with Gasteiger partial charge in [0.05, 0.1) is 19.3 Å². The van der Waals surface area contributed by atoms with Crippen molar-refractivity contribution in [2.75, 3.05) is 32.1 Å². The molecule has 46 heavy (non-hydrogen) atoms. The minimum absolute atomic E-state index is 0.0810. The fourth-order valence-corrected chi connectivity index (χ4v) is 5.20. The van der Waals surface area contributed by atoms with Gasteiger partial charge in [0.15, 0.2) is 0 Å². The van der Waals surface area contributed by atoms with E-state index in [-0.39, 0.29) is 30.9 Å². The van der Waals surface area contributed by atoms with Crippen LogP contribution in [0, 0.1) is 18.6 Å². The molecule has 3 rings (SSSR count). The van der Waals surface area contributed by atoms with Gasteiger partial charge in [0.1, 0.15) is 11.6 Å². The number of benzene rings is 3. The number of rotatable bonds is 16. The second kappa shape index (κ2) is 18.0. The molecule has 11 heteroatoms. The number of nitrogens with one attached hydrogen (secondary N) is 3. The molecule has 0 radical (unpaired) electrons. The summed E-state index contributed by atoms with van der Waals surface area (Å²) in [6, 6.07) is 14.5. The van der Waals surface area contributed by atoms with Crippen LogP contribution >= 0.6 is 0 Å². The van der Waals surface area contributed by atoms with Gasteiger partial charge in [0.25, 0.3) is 11.8 Å². The Morgan fingerprint density at radius 3 is 2.24 bits per heavy atom. The molecule has 0 saturated heterocycles. The lowest BCUT2D eigenvalue weighted by Crippen LogP contribution is -2.47. The number of hydrogen-bond donors (Lipinski definition) is 4. The van der Waals surface area contributed by atoms with Crippen LogP contribution in [0.2, 0.25) is 0 Å². The number of carbonyl (C=O) groups excluding carboxylic acids is 3. The molecule has 0 fully saturated rings. The molecule has 2 atom stereocenters. The Balaban J connectivity index is 1.76. The van der Waals surface area contributed by atoms with Crippen molar-refractivity contribution in [3.8, 4) is 0 Å². The van der Waals surface area contributed by atoms with E-state index in [1.165, 1.54) is 19.2 Å². The van der Waals surface area contributed by atoms with Crippen LogP contribution < -0.4 is 16.0 Å². The van der Waals surface area contributed by atoms with E-state index in [4.69, 9.17) is 0 Å². The summed E-state index contributed by atoms with van der Waals surface area (Å²) in [7, 11) is 1.27. The quantitative estimate of drug-likeness (QED) is 0.162. The molecular formula is C35H44F2N4O5. The van der Waals surface area contributed by atoms with Crippen LogP contribution in [-0.2, 0) is 17.7 Å². The molecular weight excluding hydrogens is 594 g/mol. The maximum atomic E-state index is 13.9. The first-order chi connectivity index (χ1) is 22.0. The van der Waals surface area contributed by atoms with Gasteiger partial charge in [-0.2, -0.15) is 0 Å². The maximum Gasteiger partial charge on any atom is 0.411 e. The van der Waals surface area contributed by atoms with Gasteiger partial charge in [0.2, 0.25) is 0 Å². The van der Waals surface area contributed by atoms with Crippen LogP contribution in [0.15, 0.2) is 60.7 Å². The molecule has 3 amide bonds. The second-order valence-corrected chi connectivity index (χ2v) is 11.3. The second-order valence-electron chi connectivity index (χ2n) is 11.3. The molecule has 0 heterocycles. The summed E-state index contributed by atoms with van der Waals surface area (Å²) in [5.41, 5.74) is 3.18. The molecule has 0 unspecified atom stereocenters. The van der Waals surface area contributed by atoms with E-state index in [1.807, 2.05) is 26.8 Å². The molecule has 9 nitrogen and oxygen atoms in total. The topological polar surface area (TPSA) is 120 Å². The van der Waals surface area contributed by atoms with Crippen LogP contribution in [-0.4, -0.2) is 66.8 Å². The smallest absolute Gasteiger partial charge is 0.411 e. The predicted octanol–water partition coefficient (Wildman–Crippen LogP) is 5.60. The predicted molar refractivity (Wildman–Crippen MR) is 174 cm³/mol. The van der Waals surface area contributed by atoms with Gasteiger partial charge in [-0.05, 0) is 91.8 Å². The van der Waals surface area contributed by atoms with Crippen LogP contribution in [0.25, 0.3) is 0 Å². The Labute approximate surface area is 269 Å². The van der Waals surface area contributed by atoms with E-state index in [9.17, 15) is 28.3 Å². The molecule has 0 bridgehead atoms. The standard InChI is InChI=1S/C35H44F2N4O5/c1-5-12-41(13-6-2)34(44)27-15-23(3)14-26(19-27)33(43)40-31(11-10-24-16-28(36)20-29(37)17-24)32(42)22-38-21-25-8-7-9-30(18-25)39-35(45)46-4/h7-9,14-20,31-32,38,42H,5-6,10-13,21-22H2,1-4H3,(H,39,45)(H,40,43)/t31-,32+/m0/s1. The summed E-state index contributed by atoms with van der Waals surface area (Å²) < 4.78 is 32.3. The molecule has 0 aliphatic rings. The highest BCUT2D eigenvalue weighted by Crippen LogP contribution is 2.17. The molecule has 3 aromatic rings. The Hall–Kier alpha value is -4.35. The zero-order valence-electron chi connectivity index (χ0n) is 26.9. The van der Waals surface area contributed by atoms with Crippen LogP contribution in [0.4, 0.5) is 19.3 Å². The van der Waals surface area contributed by atoms with Crippen molar-refractivity contribution in [1.82, 2.24) is 15.5 Å². The van der Waals surface area contributed by atoms with Crippen molar-refractivity contribution < 1.29 is 33.0 Å². The van der Waals surface area contributed by atoms with Crippen molar-refractivity contribution in [3.05, 3.63) is 100 Å². The van der Waals surface area contributed by atoms with E-state index in [1.54, 1.807) is 41.3 Å². The number of aryl methyl sites for hydroxylation is 2. The van der Waals surface area contributed by atoms with E-state index in [0.29, 0.717) is 36.4 Å². The summed E-state index contributed by atoms with van der Waals surface area (Å²) in [5.74, 6) is -2.05. The van der Waals surface area contributed by atoms with Crippen molar-refractivity contribution in [2.24, 2.45) is 0 Å². The van der Waals surface area contributed by atoms with Crippen LogP contribution in [0.5, 0.6) is 0 Å². The third kappa shape index (κ3) is 11.2. The highest BCUT2D eigenvalue weighted by molar-refractivity contribution is 6.00. The molecule has 3 aromatic carbocycles. The summed E-state index contributed by atoms with van der Waals surface area (Å²) in [6.45, 7) is 7.46. The summed E-state index contributed by atoms with van der Waals surface area (Å²) in [6.07, 6.45) is 0.329. The molecule has 4 N–H and O–H groups in total. The number of amides is 3. The number of carbonyl (C=O) groups is 3. The normalized spacial score (nSPS) is 12.2.